The van der Waals surface area contributed by atoms with Gasteiger partial charge in [-0.1, -0.05) is 25.3 Å². The average molecular weight is 529 g/mol. The van der Waals surface area contributed by atoms with Crippen molar-refractivity contribution in [1.29, 1.82) is 0 Å². The molecule has 0 spiro atoms. The van der Waals surface area contributed by atoms with Crippen LogP contribution in [0.5, 0.6) is 0 Å². The molecule has 0 aliphatic carbocycles. The smallest absolute Gasteiger partial charge is 0.408 e. The van der Waals surface area contributed by atoms with Crippen LogP contribution in [-0.4, -0.2) is 78.7 Å². The van der Waals surface area contributed by atoms with Gasteiger partial charge in [0, 0.05) is 13.1 Å². The summed E-state index contributed by atoms with van der Waals surface area (Å²) in [4.78, 5) is 60.4. The number of amides is 4. The van der Waals surface area contributed by atoms with E-state index in [1.54, 1.807) is 20.8 Å². The van der Waals surface area contributed by atoms with E-state index in [1.807, 2.05) is 0 Å². The summed E-state index contributed by atoms with van der Waals surface area (Å²) in [5, 5.41) is 19.9. The third kappa shape index (κ3) is 15.1. The first kappa shape index (κ1) is 33.2. The van der Waals surface area contributed by atoms with Crippen molar-refractivity contribution in [3.8, 4) is 0 Å². The maximum absolute atomic E-state index is 12.8. The Hall–Kier alpha value is -3.77. The predicted molar refractivity (Wildman–Crippen MR) is 135 cm³/mol. The molecule has 0 aromatic heterocycles. The number of alkyl carbamates (subject to hydrolysis) is 3. The Morgan fingerprint density at radius 3 is 1.70 bits per heavy atom. The molecule has 37 heavy (non-hydrogen) atoms. The fourth-order valence-corrected chi connectivity index (χ4v) is 2.94. The molecule has 0 aliphatic rings. The zero-order chi connectivity index (χ0) is 28.5. The highest BCUT2D eigenvalue weighted by Crippen LogP contribution is 2.21. The van der Waals surface area contributed by atoms with Gasteiger partial charge in [-0.05, 0) is 53.4 Å². The Morgan fingerprint density at radius 2 is 1.32 bits per heavy atom. The van der Waals surface area contributed by atoms with Crippen LogP contribution in [0.4, 0.5) is 14.4 Å². The first-order chi connectivity index (χ1) is 17.3. The molecule has 0 unspecified atom stereocenters. The van der Waals surface area contributed by atoms with E-state index in [-0.39, 0.29) is 52.0 Å². The lowest BCUT2D eigenvalue weighted by Crippen LogP contribution is -2.59. The molecule has 13 heteroatoms. The zero-order valence-corrected chi connectivity index (χ0v) is 22.0. The highest BCUT2D eigenvalue weighted by molar-refractivity contribution is 5.91. The van der Waals surface area contributed by atoms with Crippen molar-refractivity contribution in [3.63, 3.8) is 0 Å². The average Bonchev–Trinajstić information content (AvgIpc) is 2.79. The van der Waals surface area contributed by atoms with Crippen LogP contribution in [0, 0.1) is 0 Å². The van der Waals surface area contributed by atoms with Crippen LogP contribution in [-0.2, 0) is 23.8 Å². The van der Waals surface area contributed by atoms with Crippen molar-refractivity contribution in [1.82, 2.24) is 21.3 Å². The topological polar surface area (TPSA) is 181 Å². The van der Waals surface area contributed by atoms with Gasteiger partial charge in [0.05, 0.1) is 0 Å². The van der Waals surface area contributed by atoms with E-state index in [9.17, 15) is 29.1 Å². The van der Waals surface area contributed by atoms with Crippen molar-refractivity contribution >= 4 is 30.2 Å². The van der Waals surface area contributed by atoms with Crippen LogP contribution in [0.1, 0.15) is 53.4 Å². The standard InChI is InChI=1S/C24H40N4O9/c1-7-15-35-20(32)25-13-9-11-24(19(30)31,12-10-14-26-21(33)36-16-8-2)28-18(29)17(3)27-22(34)37-23(4,5)6/h7-8,17H,1-2,9-16H2,3-6H3,(H,25,32)(H,26,33)(H,27,34)(H,28,29)(H,30,31)/t17-/m0/s1. The lowest BCUT2D eigenvalue weighted by Gasteiger charge is -2.32. The number of carboxylic acid groups (broad SMARTS) is 1. The number of hydrogen-bond acceptors (Lipinski definition) is 8. The molecule has 0 saturated heterocycles. The molecule has 1 atom stereocenters. The van der Waals surface area contributed by atoms with E-state index in [4.69, 9.17) is 14.2 Å². The second-order valence-corrected chi connectivity index (χ2v) is 9.08. The fourth-order valence-electron chi connectivity index (χ4n) is 2.94. The van der Waals surface area contributed by atoms with Crippen LogP contribution < -0.4 is 21.3 Å². The molecule has 0 saturated carbocycles. The van der Waals surface area contributed by atoms with Gasteiger partial charge in [-0.25, -0.2) is 19.2 Å². The van der Waals surface area contributed by atoms with Crippen molar-refractivity contribution in [2.75, 3.05) is 26.3 Å². The van der Waals surface area contributed by atoms with Gasteiger partial charge in [-0.2, -0.15) is 0 Å². The number of hydrogen-bond donors (Lipinski definition) is 5. The van der Waals surface area contributed by atoms with E-state index in [1.165, 1.54) is 19.1 Å². The summed E-state index contributed by atoms with van der Waals surface area (Å²) in [7, 11) is 0. The van der Waals surface area contributed by atoms with Gasteiger partial charge in [0.2, 0.25) is 5.91 Å². The number of rotatable bonds is 16. The maximum atomic E-state index is 12.8. The zero-order valence-electron chi connectivity index (χ0n) is 22.0. The molecule has 13 nitrogen and oxygen atoms in total. The third-order valence-corrected chi connectivity index (χ3v) is 4.66. The highest BCUT2D eigenvalue weighted by atomic mass is 16.6. The Bertz CT molecular complexity index is 777. The Labute approximate surface area is 217 Å². The second kappa shape index (κ2) is 16.8. The quantitative estimate of drug-likeness (QED) is 0.114. The van der Waals surface area contributed by atoms with Crippen LogP contribution in [0.25, 0.3) is 0 Å². The van der Waals surface area contributed by atoms with Gasteiger partial charge in [0.25, 0.3) is 0 Å². The van der Waals surface area contributed by atoms with Gasteiger partial charge in [0.15, 0.2) is 0 Å². The van der Waals surface area contributed by atoms with Gasteiger partial charge >= 0.3 is 24.2 Å². The Morgan fingerprint density at radius 1 is 0.865 bits per heavy atom. The van der Waals surface area contributed by atoms with E-state index in [0.717, 1.165) is 0 Å². The normalized spacial score (nSPS) is 11.8. The van der Waals surface area contributed by atoms with E-state index >= 15 is 0 Å². The van der Waals surface area contributed by atoms with Crippen molar-refractivity contribution < 1.29 is 43.3 Å². The number of aliphatic carboxylic acids is 1. The molecule has 0 aromatic carbocycles. The third-order valence-electron chi connectivity index (χ3n) is 4.66. The minimum Gasteiger partial charge on any atom is -0.480 e. The largest absolute Gasteiger partial charge is 0.480 e. The van der Waals surface area contributed by atoms with Crippen LogP contribution in [0.15, 0.2) is 25.3 Å². The van der Waals surface area contributed by atoms with Crippen LogP contribution >= 0.6 is 0 Å². The second-order valence-electron chi connectivity index (χ2n) is 9.08. The lowest BCUT2D eigenvalue weighted by molar-refractivity contribution is -0.148. The predicted octanol–water partition coefficient (Wildman–Crippen LogP) is 2.22. The molecule has 0 bridgehead atoms. The van der Waals surface area contributed by atoms with Gasteiger partial charge in [0.1, 0.15) is 30.4 Å². The van der Waals surface area contributed by atoms with Gasteiger partial charge in [-0.3, -0.25) is 4.79 Å². The highest BCUT2D eigenvalue weighted by Gasteiger charge is 2.40. The number of carbonyl (C=O) groups excluding carboxylic acids is 4. The summed E-state index contributed by atoms with van der Waals surface area (Å²) in [6.07, 6.45) is 0.823. The number of carbonyl (C=O) groups is 5. The summed E-state index contributed by atoms with van der Waals surface area (Å²) >= 11 is 0. The van der Waals surface area contributed by atoms with Crippen LogP contribution in [0.2, 0.25) is 0 Å². The number of ether oxygens (including phenoxy) is 3. The minimum atomic E-state index is -1.75. The van der Waals surface area contributed by atoms with Crippen molar-refractivity contribution in [2.24, 2.45) is 0 Å². The van der Waals surface area contributed by atoms with E-state index < -0.39 is 47.3 Å². The Kier molecular flexibility index (Phi) is 15.1. The fraction of sp³-hybridized carbons (Fsp3) is 0.625. The molecule has 0 radical (unpaired) electrons. The molecule has 4 amide bonds. The molecule has 0 aromatic rings. The van der Waals surface area contributed by atoms with Crippen LogP contribution in [0.3, 0.4) is 0 Å². The minimum absolute atomic E-state index is 0.0196. The lowest BCUT2D eigenvalue weighted by atomic mass is 9.87. The molecular weight excluding hydrogens is 488 g/mol. The Balaban J connectivity index is 5.31. The van der Waals surface area contributed by atoms with E-state index in [2.05, 4.69) is 34.4 Å². The number of carboxylic acids is 1. The monoisotopic (exact) mass is 528 g/mol. The first-order valence-electron chi connectivity index (χ1n) is 11.8. The summed E-state index contributed by atoms with van der Waals surface area (Å²) in [6, 6.07) is -1.10. The molecule has 0 fully saturated rings. The van der Waals surface area contributed by atoms with E-state index in [0.29, 0.717) is 0 Å². The summed E-state index contributed by atoms with van der Waals surface area (Å²) in [5.74, 6) is -2.06. The molecule has 0 heterocycles. The SMILES string of the molecule is C=CCOC(=O)NCCCC(CCCNC(=O)OCC=C)(NC(=O)[C@H](C)NC(=O)OC(C)(C)C)C(=O)O. The summed E-state index contributed by atoms with van der Waals surface area (Å²) in [6.45, 7) is 13.4. The molecule has 0 aliphatic heterocycles. The molecule has 0 rings (SSSR count). The first-order valence-corrected chi connectivity index (χ1v) is 11.8. The van der Waals surface area contributed by atoms with Crippen molar-refractivity contribution in [3.05, 3.63) is 25.3 Å². The molecule has 210 valence electrons. The van der Waals surface area contributed by atoms with Gasteiger partial charge < -0.3 is 40.6 Å². The molecule has 5 N–H and O–H groups in total. The van der Waals surface area contributed by atoms with Gasteiger partial charge in [-0.15, -0.1) is 0 Å². The maximum Gasteiger partial charge on any atom is 0.408 e. The number of nitrogens with one attached hydrogen (secondary N) is 4. The molecular formula is C24H40N4O9. The van der Waals surface area contributed by atoms with Crippen molar-refractivity contribution in [2.45, 2.75) is 70.6 Å². The summed E-state index contributed by atoms with van der Waals surface area (Å²) < 4.78 is 14.7. The summed E-state index contributed by atoms with van der Waals surface area (Å²) in [5.41, 5.74) is -2.54.